The molecule has 3 rings (SSSR count). The van der Waals surface area contributed by atoms with Crippen LogP contribution < -0.4 is 0 Å². The SMILES string of the molecule is CSCc1nnc(SC(C)C(=O)c2c(C)[nH]c3ccccc23)o1. The van der Waals surface area contributed by atoms with E-state index in [1.54, 1.807) is 11.8 Å². The first-order valence-electron chi connectivity index (χ1n) is 7.19. The zero-order chi connectivity index (χ0) is 16.4. The van der Waals surface area contributed by atoms with Gasteiger partial charge in [-0.3, -0.25) is 4.79 Å². The summed E-state index contributed by atoms with van der Waals surface area (Å²) in [5, 5.41) is 9.07. The molecule has 1 unspecified atom stereocenters. The largest absolute Gasteiger partial charge is 0.415 e. The number of hydrogen-bond acceptors (Lipinski definition) is 6. The van der Waals surface area contributed by atoms with Gasteiger partial charge in [0.25, 0.3) is 5.22 Å². The molecule has 0 fully saturated rings. The Morgan fingerprint density at radius 1 is 1.35 bits per heavy atom. The lowest BCUT2D eigenvalue weighted by Gasteiger charge is -2.07. The van der Waals surface area contributed by atoms with E-state index in [1.807, 2.05) is 44.4 Å². The number of benzene rings is 1. The second kappa shape index (κ2) is 6.80. The lowest BCUT2D eigenvalue weighted by Crippen LogP contribution is -2.14. The Kier molecular flexibility index (Phi) is 4.77. The second-order valence-electron chi connectivity index (χ2n) is 5.19. The molecule has 3 aromatic rings. The highest BCUT2D eigenvalue weighted by Gasteiger charge is 2.24. The molecule has 2 heterocycles. The second-order valence-corrected chi connectivity index (χ2v) is 7.35. The van der Waals surface area contributed by atoms with E-state index in [-0.39, 0.29) is 11.0 Å². The van der Waals surface area contributed by atoms with E-state index in [0.29, 0.717) is 16.9 Å². The molecule has 2 aromatic heterocycles. The minimum absolute atomic E-state index is 0.0644. The lowest BCUT2D eigenvalue weighted by molar-refractivity contribution is 0.0994. The van der Waals surface area contributed by atoms with Gasteiger partial charge in [-0.1, -0.05) is 30.0 Å². The quantitative estimate of drug-likeness (QED) is 0.535. The van der Waals surface area contributed by atoms with Crippen LogP contribution in [0.1, 0.15) is 28.9 Å². The van der Waals surface area contributed by atoms with Gasteiger partial charge in [-0.2, -0.15) is 11.8 Å². The fraction of sp³-hybridized carbons (Fsp3) is 0.312. The number of rotatable bonds is 6. The van der Waals surface area contributed by atoms with Gasteiger partial charge < -0.3 is 9.40 Å². The minimum Gasteiger partial charge on any atom is -0.415 e. The maximum absolute atomic E-state index is 12.8. The molecular weight excluding hydrogens is 330 g/mol. The summed E-state index contributed by atoms with van der Waals surface area (Å²) in [6.45, 7) is 3.79. The minimum atomic E-state index is -0.296. The van der Waals surface area contributed by atoms with E-state index in [9.17, 15) is 4.79 Å². The summed E-state index contributed by atoms with van der Waals surface area (Å²) in [7, 11) is 0. The Morgan fingerprint density at radius 3 is 2.91 bits per heavy atom. The zero-order valence-electron chi connectivity index (χ0n) is 13.1. The van der Waals surface area contributed by atoms with Gasteiger partial charge in [0, 0.05) is 22.2 Å². The number of hydrogen-bond donors (Lipinski definition) is 1. The molecule has 1 atom stereocenters. The molecule has 0 aliphatic rings. The van der Waals surface area contributed by atoms with E-state index in [4.69, 9.17) is 4.42 Å². The first-order valence-corrected chi connectivity index (χ1v) is 9.47. The third-order valence-electron chi connectivity index (χ3n) is 3.50. The Balaban J connectivity index is 1.82. The Labute approximate surface area is 142 Å². The standard InChI is InChI=1S/C16H17N3O2S2/c1-9-14(11-6-4-5-7-12(11)17-9)15(20)10(2)23-16-19-18-13(21-16)8-22-3/h4-7,10,17H,8H2,1-3H3. The number of carbonyl (C=O) groups excluding carboxylic acids is 1. The average molecular weight is 347 g/mol. The molecule has 0 amide bonds. The van der Waals surface area contributed by atoms with Crippen LogP contribution in [-0.2, 0) is 5.75 Å². The zero-order valence-corrected chi connectivity index (χ0v) is 14.8. The highest BCUT2D eigenvalue weighted by molar-refractivity contribution is 8.00. The molecule has 0 spiro atoms. The van der Waals surface area contributed by atoms with Crippen LogP contribution in [0.5, 0.6) is 0 Å². The van der Waals surface area contributed by atoms with Crippen LogP contribution in [0.4, 0.5) is 0 Å². The van der Waals surface area contributed by atoms with Crippen LogP contribution in [0, 0.1) is 6.92 Å². The van der Waals surface area contributed by atoms with Gasteiger partial charge in [0.2, 0.25) is 5.89 Å². The molecule has 7 heteroatoms. The lowest BCUT2D eigenvalue weighted by atomic mass is 10.1. The number of para-hydroxylation sites is 1. The maximum atomic E-state index is 12.8. The average Bonchev–Trinajstić information content (AvgIpc) is 3.10. The molecule has 1 N–H and O–H groups in total. The highest BCUT2D eigenvalue weighted by atomic mass is 32.2. The van der Waals surface area contributed by atoms with Crippen molar-refractivity contribution in [3.8, 4) is 0 Å². The number of nitrogens with zero attached hydrogens (tertiary/aromatic N) is 2. The summed E-state index contributed by atoms with van der Waals surface area (Å²) in [4.78, 5) is 16.1. The summed E-state index contributed by atoms with van der Waals surface area (Å²) in [6, 6.07) is 7.84. The number of aromatic amines is 1. The van der Waals surface area contributed by atoms with Crippen molar-refractivity contribution in [2.75, 3.05) is 6.26 Å². The van der Waals surface area contributed by atoms with Crippen LogP contribution in [0.25, 0.3) is 10.9 Å². The highest BCUT2D eigenvalue weighted by Crippen LogP contribution is 2.29. The fourth-order valence-electron chi connectivity index (χ4n) is 2.47. The van der Waals surface area contributed by atoms with E-state index in [0.717, 1.165) is 22.2 Å². The molecule has 0 aliphatic carbocycles. The molecule has 120 valence electrons. The van der Waals surface area contributed by atoms with Gasteiger partial charge >= 0.3 is 0 Å². The van der Waals surface area contributed by atoms with Crippen molar-refractivity contribution in [3.63, 3.8) is 0 Å². The van der Waals surface area contributed by atoms with Gasteiger partial charge in [0.15, 0.2) is 5.78 Å². The third-order valence-corrected chi connectivity index (χ3v) is 4.97. The molecule has 5 nitrogen and oxygen atoms in total. The molecule has 0 radical (unpaired) electrons. The van der Waals surface area contributed by atoms with Crippen molar-refractivity contribution in [3.05, 3.63) is 41.4 Å². The number of fused-ring (bicyclic) bond motifs is 1. The number of aryl methyl sites for hydroxylation is 1. The van der Waals surface area contributed by atoms with Crippen molar-refractivity contribution in [2.24, 2.45) is 0 Å². The monoisotopic (exact) mass is 347 g/mol. The van der Waals surface area contributed by atoms with E-state index < -0.39 is 0 Å². The van der Waals surface area contributed by atoms with Crippen molar-refractivity contribution in [1.29, 1.82) is 0 Å². The van der Waals surface area contributed by atoms with E-state index >= 15 is 0 Å². The van der Waals surface area contributed by atoms with Crippen LogP contribution in [-0.4, -0.2) is 32.5 Å². The Bertz CT molecular complexity index is 841. The van der Waals surface area contributed by atoms with Gasteiger partial charge in [0.05, 0.1) is 11.0 Å². The Hall–Kier alpha value is -1.73. The van der Waals surface area contributed by atoms with E-state index in [2.05, 4.69) is 15.2 Å². The summed E-state index contributed by atoms with van der Waals surface area (Å²) >= 11 is 2.92. The van der Waals surface area contributed by atoms with Crippen molar-refractivity contribution in [1.82, 2.24) is 15.2 Å². The molecule has 0 aliphatic heterocycles. The van der Waals surface area contributed by atoms with Gasteiger partial charge in [-0.05, 0) is 26.2 Å². The number of aromatic nitrogens is 3. The maximum Gasteiger partial charge on any atom is 0.277 e. The summed E-state index contributed by atoms with van der Waals surface area (Å²) < 4.78 is 5.54. The van der Waals surface area contributed by atoms with Gasteiger partial charge in [-0.25, -0.2) is 0 Å². The normalized spacial score (nSPS) is 12.7. The van der Waals surface area contributed by atoms with E-state index in [1.165, 1.54) is 11.8 Å². The number of thioether (sulfide) groups is 2. The summed E-state index contributed by atoms with van der Waals surface area (Å²) in [5.41, 5.74) is 2.60. The first-order chi connectivity index (χ1) is 11.1. The van der Waals surface area contributed by atoms with Gasteiger partial charge in [-0.15, -0.1) is 10.2 Å². The number of nitrogens with one attached hydrogen (secondary N) is 1. The van der Waals surface area contributed by atoms with Crippen molar-refractivity contribution in [2.45, 2.75) is 30.1 Å². The van der Waals surface area contributed by atoms with Crippen LogP contribution >= 0.6 is 23.5 Å². The van der Waals surface area contributed by atoms with Crippen LogP contribution in [0.15, 0.2) is 33.9 Å². The van der Waals surface area contributed by atoms with Crippen molar-refractivity contribution >= 4 is 40.2 Å². The van der Waals surface area contributed by atoms with Crippen molar-refractivity contribution < 1.29 is 9.21 Å². The van der Waals surface area contributed by atoms with Crippen LogP contribution in [0.3, 0.4) is 0 Å². The predicted octanol–water partition coefficient (Wildman–Crippen LogP) is 4.09. The number of carbonyl (C=O) groups is 1. The third kappa shape index (κ3) is 3.30. The molecule has 0 bridgehead atoms. The topological polar surface area (TPSA) is 71.8 Å². The number of Topliss-reactive ketones (excluding diaryl/α,β-unsaturated/α-hetero) is 1. The molecule has 23 heavy (non-hydrogen) atoms. The number of H-pyrrole nitrogens is 1. The Morgan fingerprint density at radius 2 is 2.13 bits per heavy atom. The molecule has 1 aromatic carbocycles. The summed E-state index contributed by atoms with van der Waals surface area (Å²) in [6.07, 6.45) is 1.98. The predicted molar refractivity (Wildman–Crippen MR) is 94.2 cm³/mol. The fourth-order valence-corrected chi connectivity index (χ4v) is 3.59. The van der Waals surface area contributed by atoms with Crippen LogP contribution in [0.2, 0.25) is 0 Å². The smallest absolute Gasteiger partial charge is 0.277 e. The first kappa shape index (κ1) is 16.1. The summed E-state index contributed by atoms with van der Waals surface area (Å²) in [5.74, 6) is 1.33. The van der Waals surface area contributed by atoms with Gasteiger partial charge in [0.1, 0.15) is 0 Å². The molecular formula is C16H17N3O2S2. The molecule has 0 saturated heterocycles. The molecule has 0 saturated carbocycles. The number of ketones is 1.